The van der Waals surface area contributed by atoms with Gasteiger partial charge in [0.25, 0.3) is 0 Å². The van der Waals surface area contributed by atoms with Crippen LogP contribution in [0.25, 0.3) is 0 Å². The zero-order valence-electron chi connectivity index (χ0n) is 13.0. The Hall–Kier alpha value is -2.06. The van der Waals surface area contributed by atoms with Crippen molar-refractivity contribution in [1.29, 1.82) is 0 Å². The maximum atomic E-state index is 11.8. The standard InChI is InChI=1S/C16H16Br2N4O2/c1-9-7-11(17)3-5-13(9)19-21-15(23)16(24)22-20-14-6-4-12(18)8-10(14)2/h3-8,19-20H,1-2H3,(H,21,23)(H,22,24). The van der Waals surface area contributed by atoms with Crippen LogP contribution in [0.5, 0.6) is 0 Å². The van der Waals surface area contributed by atoms with Crippen molar-refractivity contribution in [1.82, 2.24) is 10.9 Å². The fourth-order valence-corrected chi connectivity index (χ4v) is 2.85. The molecule has 126 valence electrons. The second-order valence-electron chi connectivity index (χ2n) is 5.08. The van der Waals surface area contributed by atoms with Crippen LogP contribution in [0.3, 0.4) is 0 Å². The van der Waals surface area contributed by atoms with Crippen LogP contribution in [0.1, 0.15) is 11.1 Å². The van der Waals surface area contributed by atoms with Gasteiger partial charge in [0.1, 0.15) is 0 Å². The summed E-state index contributed by atoms with van der Waals surface area (Å²) in [6.45, 7) is 3.77. The normalized spacial score (nSPS) is 10.0. The van der Waals surface area contributed by atoms with Gasteiger partial charge < -0.3 is 0 Å². The van der Waals surface area contributed by atoms with Gasteiger partial charge in [0, 0.05) is 8.95 Å². The molecular weight excluding hydrogens is 440 g/mol. The first-order chi connectivity index (χ1) is 11.4. The third kappa shape index (κ3) is 4.97. The molecule has 0 bridgehead atoms. The molecule has 2 amide bonds. The number of nitrogens with one attached hydrogen (secondary N) is 4. The smallest absolute Gasteiger partial charge is 0.298 e. The Morgan fingerprint density at radius 1 is 0.750 bits per heavy atom. The van der Waals surface area contributed by atoms with Gasteiger partial charge in [-0.05, 0) is 61.4 Å². The first kappa shape index (κ1) is 18.3. The number of hydrazine groups is 2. The van der Waals surface area contributed by atoms with Gasteiger partial charge in [-0.3, -0.25) is 31.3 Å². The second kappa shape index (κ2) is 8.16. The van der Waals surface area contributed by atoms with Gasteiger partial charge in [-0.1, -0.05) is 31.9 Å². The second-order valence-corrected chi connectivity index (χ2v) is 6.91. The fraction of sp³-hybridized carbons (Fsp3) is 0.125. The SMILES string of the molecule is Cc1cc(Br)ccc1NNC(=O)C(=O)NNc1ccc(Br)cc1C. The Labute approximate surface area is 156 Å². The van der Waals surface area contributed by atoms with Crippen molar-refractivity contribution in [2.24, 2.45) is 0 Å². The van der Waals surface area contributed by atoms with Crippen molar-refractivity contribution in [2.75, 3.05) is 10.9 Å². The van der Waals surface area contributed by atoms with E-state index in [-0.39, 0.29) is 0 Å². The minimum atomic E-state index is -0.806. The van der Waals surface area contributed by atoms with Gasteiger partial charge >= 0.3 is 11.8 Å². The van der Waals surface area contributed by atoms with Gasteiger partial charge in [0.2, 0.25) is 0 Å². The van der Waals surface area contributed by atoms with E-state index in [4.69, 9.17) is 0 Å². The molecule has 0 heterocycles. The van der Waals surface area contributed by atoms with Crippen molar-refractivity contribution in [3.05, 3.63) is 56.5 Å². The third-order valence-electron chi connectivity index (χ3n) is 3.20. The number of halogens is 2. The molecule has 0 saturated carbocycles. The van der Waals surface area contributed by atoms with Crippen LogP contribution in [-0.4, -0.2) is 11.8 Å². The highest BCUT2D eigenvalue weighted by molar-refractivity contribution is 9.10. The minimum Gasteiger partial charge on any atom is -0.298 e. The summed E-state index contributed by atoms with van der Waals surface area (Å²) >= 11 is 6.72. The molecule has 0 aliphatic rings. The topological polar surface area (TPSA) is 82.3 Å². The number of amides is 2. The number of benzene rings is 2. The highest BCUT2D eigenvalue weighted by Crippen LogP contribution is 2.20. The number of aryl methyl sites for hydroxylation is 2. The van der Waals surface area contributed by atoms with Crippen molar-refractivity contribution < 1.29 is 9.59 Å². The molecule has 0 aromatic heterocycles. The highest BCUT2D eigenvalue weighted by Gasteiger charge is 2.13. The van der Waals surface area contributed by atoms with Gasteiger partial charge in [-0.2, -0.15) is 0 Å². The monoisotopic (exact) mass is 454 g/mol. The average Bonchev–Trinajstić information content (AvgIpc) is 2.52. The summed E-state index contributed by atoms with van der Waals surface area (Å²) in [4.78, 5) is 23.6. The maximum absolute atomic E-state index is 11.8. The van der Waals surface area contributed by atoms with Crippen LogP contribution in [-0.2, 0) is 9.59 Å². The van der Waals surface area contributed by atoms with Crippen LogP contribution < -0.4 is 21.7 Å². The van der Waals surface area contributed by atoms with E-state index in [1.165, 1.54) is 0 Å². The molecule has 0 unspecified atom stereocenters. The summed E-state index contributed by atoms with van der Waals surface area (Å²) in [6.07, 6.45) is 0. The summed E-state index contributed by atoms with van der Waals surface area (Å²) in [7, 11) is 0. The van der Waals surface area contributed by atoms with Crippen LogP contribution in [0.2, 0.25) is 0 Å². The van der Waals surface area contributed by atoms with E-state index in [2.05, 4.69) is 53.6 Å². The number of carbonyl (C=O) groups excluding carboxylic acids is 2. The van der Waals surface area contributed by atoms with Crippen molar-refractivity contribution in [3.8, 4) is 0 Å². The molecule has 24 heavy (non-hydrogen) atoms. The average molecular weight is 456 g/mol. The van der Waals surface area contributed by atoms with Gasteiger partial charge in [-0.15, -0.1) is 0 Å². The van der Waals surface area contributed by atoms with Crippen LogP contribution in [0.4, 0.5) is 11.4 Å². The van der Waals surface area contributed by atoms with Crippen LogP contribution in [0.15, 0.2) is 45.3 Å². The predicted molar refractivity (Wildman–Crippen MR) is 101 cm³/mol. The molecule has 0 atom stereocenters. The summed E-state index contributed by atoms with van der Waals surface area (Å²) in [5, 5.41) is 0. The summed E-state index contributed by atoms with van der Waals surface area (Å²) < 4.78 is 1.87. The molecule has 6 nitrogen and oxygen atoms in total. The third-order valence-corrected chi connectivity index (χ3v) is 4.19. The van der Waals surface area contributed by atoms with Crippen molar-refractivity contribution >= 4 is 55.0 Å². The lowest BCUT2D eigenvalue weighted by Crippen LogP contribution is -2.44. The molecule has 0 aliphatic carbocycles. The molecule has 0 radical (unpaired) electrons. The Kier molecular flexibility index (Phi) is 6.22. The first-order valence-electron chi connectivity index (χ1n) is 7.01. The predicted octanol–water partition coefficient (Wildman–Crippen LogP) is 3.41. The number of carbonyl (C=O) groups is 2. The van der Waals surface area contributed by atoms with Gasteiger partial charge in [-0.25, -0.2) is 0 Å². The van der Waals surface area contributed by atoms with Crippen molar-refractivity contribution in [3.63, 3.8) is 0 Å². The summed E-state index contributed by atoms with van der Waals surface area (Å²) in [6, 6.07) is 11.0. The van der Waals surface area contributed by atoms with Gasteiger partial charge in [0.15, 0.2) is 0 Å². The zero-order valence-corrected chi connectivity index (χ0v) is 16.2. The molecule has 2 aromatic carbocycles. The van der Waals surface area contributed by atoms with E-state index in [1.807, 2.05) is 38.1 Å². The molecule has 0 spiro atoms. The Morgan fingerprint density at radius 3 is 1.46 bits per heavy atom. The fourth-order valence-electron chi connectivity index (χ4n) is 1.90. The van der Waals surface area contributed by atoms with E-state index in [1.54, 1.807) is 12.1 Å². The van der Waals surface area contributed by atoms with E-state index in [9.17, 15) is 9.59 Å². The quantitative estimate of drug-likeness (QED) is 0.420. The molecule has 0 saturated heterocycles. The highest BCUT2D eigenvalue weighted by atomic mass is 79.9. The van der Waals surface area contributed by atoms with E-state index in [0.29, 0.717) is 11.4 Å². The number of rotatable bonds is 4. The van der Waals surface area contributed by atoms with Gasteiger partial charge in [0.05, 0.1) is 11.4 Å². The lowest BCUT2D eigenvalue weighted by atomic mass is 10.2. The molecule has 2 aromatic rings. The number of hydrogen-bond donors (Lipinski definition) is 4. The van der Waals surface area contributed by atoms with E-state index >= 15 is 0 Å². The van der Waals surface area contributed by atoms with Crippen LogP contribution >= 0.6 is 31.9 Å². The van der Waals surface area contributed by atoms with E-state index < -0.39 is 11.8 Å². The molecule has 4 N–H and O–H groups in total. The molecular formula is C16H16Br2N4O2. The molecule has 8 heteroatoms. The Balaban J connectivity index is 1.87. The number of anilines is 2. The van der Waals surface area contributed by atoms with Crippen LogP contribution in [0, 0.1) is 13.8 Å². The molecule has 0 aliphatic heterocycles. The lowest BCUT2D eigenvalue weighted by Gasteiger charge is -2.13. The summed E-state index contributed by atoms with van der Waals surface area (Å²) in [5.41, 5.74) is 13.4. The minimum absolute atomic E-state index is 0.705. The maximum Gasteiger partial charge on any atom is 0.329 e. The molecule has 2 rings (SSSR count). The van der Waals surface area contributed by atoms with Crippen molar-refractivity contribution in [2.45, 2.75) is 13.8 Å². The van der Waals surface area contributed by atoms with E-state index in [0.717, 1.165) is 20.1 Å². The number of hydrogen-bond acceptors (Lipinski definition) is 4. The Morgan fingerprint density at radius 2 is 1.12 bits per heavy atom. The zero-order chi connectivity index (χ0) is 17.7. The Bertz CT molecular complexity index is 715. The molecule has 0 fully saturated rings. The largest absolute Gasteiger partial charge is 0.329 e. The summed E-state index contributed by atoms with van der Waals surface area (Å²) in [5.74, 6) is -1.61. The lowest BCUT2D eigenvalue weighted by molar-refractivity contribution is -0.138. The first-order valence-corrected chi connectivity index (χ1v) is 8.60.